The van der Waals surface area contributed by atoms with Crippen LogP contribution in [-0.2, 0) is 13.1 Å². The second kappa shape index (κ2) is 9.43. The minimum Gasteiger partial charge on any atom is -0.331 e. The van der Waals surface area contributed by atoms with Gasteiger partial charge in [-0.1, -0.05) is 23.7 Å². The van der Waals surface area contributed by atoms with E-state index >= 15 is 0 Å². The number of amides is 2. The molecule has 3 aromatic heterocycles. The number of tetrazole rings is 1. The minimum absolute atomic E-state index is 0.00510. The van der Waals surface area contributed by atoms with Gasteiger partial charge in [0.1, 0.15) is 11.6 Å². The molecule has 0 saturated heterocycles. The van der Waals surface area contributed by atoms with E-state index in [1.807, 2.05) is 30.3 Å². The molecule has 3 heterocycles. The standard InChI is InChI=1S/C22H18ClFN10O/c1-13-28-20(33(30-13)16-5-4-14-3-2-8-25-19(14)10-16)11-26-22(35)27-12-21-29-31-32-34(21)15-6-7-17(23)18(24)9-15/h2-10H,11-12H2,1H3,(H2,26,27,35). The van der Waals surface area contributed by atoms with Crippen LogP contribution < -0.4 is 10.6 Å². The first-order valence-electron chi connectivity index (χ1n) is 10.5. The summed E-state index contributed by atoms with van der Waals surface area (Å²) in [7, 11) is 0. The molecule has 0 aliphatic rings. The largest absolute Gasteiger partial charge is 0.331 e. The van der Waals surface area contributed by atoms with E-state index in [1.54, 1.807) is 23.9 Å². The van der Waals surface area contributed by atoms with Crippen molar-refractivity contribution in [3.63, 3.8) is 0 Å². The third-order valence-electron chi connectivity index (χ3n) is 5.11. The van der Waals surface area contributed by atoms with Crippen LogP contribution >= 0.6 is 11.6 Å². The fraction of sp³-hybridized carbons (Fsp3) is 0.136. The maximum absolute atomic E-state index is 13.8. The molecule has 35 heavy (non-hydrogen) atoms. The van der Waals surface area contributed by atoms with Crippen LogP contribution in [-0.4, -0.2) is 46.0 Å². The van der Waals surface area contributed by atoms with E-state index in [1.165, 1.54) is 16.8 Å². The van der Waals surface area contributed by atoms with Crippen molar-refractivity contribution in [1.29, 1.82) is 0 Å². The van der Waals surface area contributed by atoms with Crippen LogP contribution in [0, 0.1) is 12.7 Å². The molecule has 0 unspecified atom stereocenters. The maximum atomic E-state index is 13.8. The summed E-state index contributed by atoms with van der Waals surface area (Å²) in [5.41, 5.74) is 1.99. The van der Waals surface area contributed by atoms with Crippen LogP contribution in [0.25, 0.3) is 22.3 Å². The number of halogens is 2. The minimum atomic E-state index is -0.599. The first-order chi connectivity index (χ1) is 17.0. The van der Waals surface area contributed by atoms with E-state index in [9.17, 15) is 9.18 Å². The molecule has 0 atom stereocenters. The SMILES string of the molecule is Cc1nc(CNC(=O)NCc2nnnn2-c2ccc(Cl)c(F)c2)n(-c2ccc3cccnc3c2)n1. The topological polar surface area (TPSA) is 128 Å². The van der Waals surface area contributed by atoms with Crippen LogP contribution in [0.5, 0.6) is 0 Å². The van der Waals surface area contributed by atoms with E-state index in [2.05, 4.69) is 41.2 Å². The monoisotopic (exact) mass is 492 g/mol. The molecule has 0 radical (unpaired) electrons. The highest BCUT2D eigenvalue weighted by atomic mass is 35.5. The second-order valence-corrected chi connectivity index (χ2v) is 7.92. The first kappa shape index (κ1) is 22.3. The number of pyridine rings is 1. The molecule has 0 bridgehead atoms. The summed E-state index contributed by atoms with van der Waals surface area (Å²) in [6.45, 7) is 1.91. The normalized spacial score (nSPS) is 11.1. The van der Waals surface area contributed by atoms with Crippen LogP contribution in [0.2, 0.25) is 5.02 Å². The number of rotatable bonds is 6. The van der Waals surface area contributed by atoms with Crippen molar-refractivity contribution in [2.24, 2.45) is 0 Å². The maximum Gasteiger partial charge on any atom is 0.315 e. The first-order valence-corrected chi connectivity index (χ1v) is 10.9. The highest BCUT2D eigenvalue weighted by Crippen LogP contribution is 2.19. The van der Waals surface area contributed by atoms with Gasteiger partial charge in [0.25, 0.3) is 0 Å². The fourth-order valence-corrected chi connectivity index (χ4v) is 3.60. The Labute approximate surface area is 203 Å². The summed E-state index contributed by atoms with van der Waals surface area (Å²) in [5.74, 6) is 0.828. The summed E-state index contributed by atoms with van der Waals surface area (Å²) in [6, 6.07) is 13.4. The number of carbonyl (C=O) groups excluding carboxylic acids is 1. The quantitative estimate of drug-likeness (QED) is 0.373. The predicted molar refractivity (Wildman–Crippen MR) is 125 cm³/mol. The Kier molecular flexibility index (Phi) is 6.02. The van der Waals surface area contributed by atoms with Crippen molar-refractivity contribution < 1.29 is 9.18 Å². The van der Waals surface area contributed by atoms with Gasteiger partial charge in [-0.15, -0.1) is 5.10 Å². The Morgan fingerprint density at radius 3 is 2.63 bits per heavy atom. The lowest BCUT2D eigenvalue weighted by atomic mass is 10.2. The molecule has 5 aromatic rings. The molecule has 0 spiro atoms. The molecular formula is C22H18ClFN10O. The van der Waals surface area contributed by atoms with Gasteiger partial charge >= 0.3 is 6.03 Å². The van der Waals surface area contributed by atoms with Crippen LogP contribution in [0.4, 0.5) is 9.18 Å². The van der Waals surface area contributed by atoms with E-state index in [0.29, 0.717) is 23.2 Å². The molecule has 13 heteroatoms. The third-order valence-corrected chi connectivity index (χ3v) is 5.42. The predicted octanol–water partition coefficient (Wildman–Crippen LogP) is 2.89. The lowest BCUT2D eigenvalue weighted by Crippen LogP contribution is -2.36. The number of aromatic nitrogens is 8. The average Bonchev–Trinajstić information content (AvgIpc) is 3.49. The molecule has 11 nitrogen and oxygen atoms in total. The zero-order valence-electron chi connectivity index (χ0n) is 18.4. The van der Waals surface area contributed by atoms with Gasteiger partial charge in [-0.2, -0.15) is 9.78 Å². The average molecular weight is 493 g/mol. The summed E-state index contributed by atoms with van der Waals surface area (Å²) in [5, 5.41) is 22.2. The van der Waals surface area contributed by atoms with Crippen molar-refractivity contribution in [2.75, 3.05) is 0 Å². The fourth-order valence-electron chi connectivity index (χ4n) is 3.48. The second-order valence-electron chi connectivity index (χ2n) is 7.51. The Bertz CT molecular complexity index is 1530. The Morgan fingerprint density at radius 1 is 1.03 bits per heavy atom. The van der Waals surface area contributed by atoms with Gasteiger partial charge < -0.3 is 10.6 Å². The van der Waals surface area contributed by atoms with Gasteiger partial charge in [-0.3, -0.25) is 4.98 Å². The van der Waals surface area contributed by atoms with Gasteiger partial charge in [0.05, 0.1) is 35.0 Å². The molecule has 176 valence electrons. The Morgan fingerprint density at radius 2 is 1.80 bits per heavy atom. The molecule has 2 N–H and O–H groups in total. The van der Waals surface area contributed by atoms with Crippen molar-refractivity contribution >= 4 is 28.5 Å². The highest BCUT2D eigenvalue weighted by Gasteiger charge is 2.14. The number of nitrogens with one attached hydrogen (secondary N) is 2. The number of hydrogen-bond acceptors (Lipinski definition) is 7. The van der Waals surface area contributed by atoms with E-state index < -0.39 is 11.8 Å². The van der Waals surface area contributed by atoms with E-state index in [0.717, 1.165) is 16.6 Å². The summed E-state index contributed by atoms with van der Waals surface area (Å²) in [4.78, 5) is 21.2. The van der Waals surface area contributed by atoms with E-state index in [4.69, 9.17) is 11.6 Å². The number of fused-ring (bicyclic) bond motifs is 1. The zero-order valence-corrected chi connectivity index (χ0v) is 19.1. The summed E-state index contributed by atoms with van der Waals surface area (Å²) in [6.07, 6.45) is 1.73. The summed E-state index contributed by atoms with van der Waals surface area (Å²) >= 11 is 5.73. The Balaban J connectivity index is 1.25. The van der Waals surface area contributed by atoms with Gasteiger partial charge in [0, 0.05) is 17.6 Å². The van der Waals surface area contributed by atoms with Crippen molar-refractivity contribution in [3.05, 3.63) is 83.0 Å². The van der Waals surface area contributed by atoms with Gasteiger partial charge in [-0.25, -0.2) is 18.9 Å². The Hall–Kier alpha value is -4.45. The van der Waals surface area contributed by atoms with Crippen molar-refractivity contribution in [2.45, 2.75) is 20.0 Å². The number of carbonyl (C=O) groups is 1. The van der Waals surface area contributed by atoms with E-state index in [-0.39, 0.29) is 18.1 Å². The number of hydrogen-bond donors (Lipinski definition) is 2. The highest BCUT2D eigenvalue weighted by molar-refractivity contribution is 6.30. The lowest BCUT2D eigenvalue weighted by molar-refractivity contribution is 0.239. The van der Waals surface area contributed by atoms with Crippen LogP contribution in [0.1, 0.15) is 17.5 Å². The molecule has 2 amide bonds. The van der Waals surface area contributed by atoms with Crippen LogP contribution in [0.15, 0.2) is 54.7 Å². The van der Waals surface area contributed by atoms with Crippen molar-refractivity contribution in [1.82, 2.24) is 50.6 Å². The van der Waals surface area contributed by atoms with Gasteiger partial charge in [0.15, 0.2) is 11.6 Å². The smallest absolute Gasteiger partial charge is 0.315 e. The van der Waals surface area contributed by atoms with Gasteiger partial charge in [0.2, 0.25) is 0 Å². The molecular weight excluding hydrogens is 475 g/mol. The molecule has 0 fully saturated rings. The lowest BCUT2D eigenvalue weighted by Gasteiger charge is -2.10. The molecule has 0 saturated carbocycles. The number of nitrogens with zero attached hydrogens (tertiary/aromatic N) is 8. The number of aryl methyl sites for hydroxylation is 1. The van der Waals surface area contributed by atoms with Crippen LogP contribution in [0.3, 0.4) is 0 Å². The molecule has 0 aliphatic heterocycles. The molecule has 5 rings (SSSR count). The molecule has 0 aliphatic carbocycles. The summed E-state index contributed by atoms with van der Waals surface area (Å²) < 4.78 is 16.8. The number of urea groups is 1. The van der Waals surface area contributed by atoms with Crippen molar-refractivity contribution in [3.8, 4) is 11.4 Å². The van der Waals surface area contributed by atoms with Gasteiger partial charge in [-0.05, 0) is 47.7 Å². The third kappa shape index (κ3) is 4.77. The number of benzene rings is 2. The zero-order chi connectivity index (χ0) is 24.4. The molecule has 2 aromatic carbocycles.